The van der Waals surface area contributed by atoms with Gasteiger partial charge in [0.05, 0.1) is 4.90 Å². The zero-order chi connectivity index (χ0) is 15.7. The van der Waals surface area contributed by atoms with Gasteiger partial charge in [-0.15, -0.1) is 0 Å². The lowest BCUT2D eigenvalue weighted by atomic mass is 9.88. The van der Waals surface area contributed by atoms with Crippen LogP contribution in [0.4, 0.5) is 14.5 Å². The molecular weight excluding hydrogens is 316 g/mol. The molecule has 1 N–H and O–H groups in total. The molecule has 0 spiro atoms. The molecule has 118 valence electrons. The number of sulfone groups is 1. The lowest BCUT2D eigenvalue weighted by molar-refractivity contribution is 0.234. The van der Waals surface area contributed by atoms with Gasteiger partial charge in [-0.05, 0) is 41.9 Å². The Kier molecular flexibility index (Phi) is 4.82. The van der Waals surface area contributed by atoms with E-state index in [1.165, 1.54) is 12.1 Å². The van der Waals surface area contributed by atoms with Crippen molar-refractivity contribution in [1.82, 2.24) is 0 Å². The summed E-state index contributed by atoms with van der Waals surface area (Å²) in [6, 6.07) is 5.84. The molecule has 1 aromatic rings. The molecule has 0 aromatic heterocycles. The van der Waals surface area contributed by atoms with Crippen molar-refractivity contribution in [3.05, 3.63) is 24.3 Å². The van der Waals surface area contributed by atoms with E-state index in [9.17, 15) is 17.2 Å². The Morgan fingerprint density at radius 3 is 2.43 bits per heavy atom. The van der Waals surface area contributed by atoms with Crippen LogP contribution in [0, 0.1) is 5.41 Å². The minimum absolute atomic E-state index is 0.263. The van der Waals surface area contributed by atoms with Crippen LogP contribution in [0.5, 0.6) is 0 Å². The third-order valence-corrected chi connectivity index (χ3v) is 6.42. The molecule has 2 rings (SSSR count). The van der Waals surface area contributed by atoms with Crippen molar-refractivity contribution in [3.8, 4) is 0 Å². The quantitative estimate of drug-likeness (QED) is 0.913. The first-order valence-electron chi connectivity index (χ1n) is 6.67. The standard InChI is InChI=1S/C14H19F2NO2S2/c1-14(2)7-11(8-20-9-14)17-10-3-5-12(6-4-10)21(18,19)13(15)16/h3-6,11,13,17H,7-9H2,1-2H3. The molecule has 1 heterocycles. The first-order chi connectivity index (χ1) is 9.71. The average Bonchev–Trinajstić information content (AvgIpc) is 2.38. The van der Waals surface area contributed by atoms with Gasteiger partial charge in [0.1, 0.15) is 0 Å². The minimum Gasteiger partial charge on any atom is -0.381 e. The molecule has 1 atom stereocenters. The van der Waals surface area contributed by atoms with Crippen LogP contribution in [0.25, 0.3) is 0 Å². The van der Waals surface area contributed by atoms with Gasteiger partial charge in [0.2, 0.25) is 9.84 Å². The van der Waals surface area contributed by atoms with Crippen molar-refractivity contribution in [2.24, 2.45) is 5.41 Å². The fourth-order valence-corrected chi connectivity index (χ4v) is 4.43. The van der Waals surface area contributed by atoms with E-state index in [0.29, 0.717) is 6.04 Å². The monoisotopic (exact) mass is 335 g/mol. The van der Waals surface area contributed by atoms with Crippen LogP contribution in [0.2, 0.25) is 0 Å². The van der Waals surface area contributed by atoms with Crippen LogP contribution in [0.3, 0.4) is 0 Å². The summed E-state index contributed by atoms with van der Waals surface area (Å²) in [7, 11) is -4.51. The van der Waals surface area contributed by atoms with Gasteiger partial charge in [0.25, 0.3) is 0 Å². The summed E-state index contributed by atoms with van der Waals surface area (Å²) in [6.07, 6.45) is 1.02. The maximum atomic E-state index is 12.5. The maximum absolute atomic E-state index is 12.5. The lowest BCUT2D eigenvalue weighted by Crippen LogP contribution is -2.35. The van der Waals surface area contributed by atoms with Crippen molar-refractivity contribution < 1.29 is 17.2 Å². The Bertz CT molecular complexity index is 585. The first kappa shape index (κ1) is 16.5. The van der Waals surface area contributed by atoms with Crippen molar-refractivity contribution in [2.45, 2.75) is 37.0 Å². The number of halogens is 2. The molecule has 1 aliphatic heterocycles. The Hall–Kier alpha value is -0.820. The molecule has 1 aliphatic rings. The predicted molar refractivity (Wildman–Crippen MR) is 82.8 cm³/mol. The van der Waals surface area contributed by atoms with Crippen molar-refractivity contribution in [2.75, 3.05) is 16.8 Å². The van der Waals surface area contributed by atoms with Crippen LogP contribution in [-0.4, -0.2) is 31.7 Å². The van der Waals surface area contributed by atoms with Gasteiger partial charge >= 0.3 is 5.76 Å². The molecule has 0 bridgehead atoms. The summed E-state index contributed by atoms with van der Waals surface area (Å²) >= 11 is 1.88. The largest absolute Gasteiger partial charge is 0.381 e. The van der Waals surface area contributed by atoms with Crippen molar-refractivity contribution >= 4 is 27.3 Å². The number of benzene rings is 1. The third kappa shape index (κ3) is 4.10. The molecule has 1 fully saturated rings. The molecule has 0 aliphatic carbocycles. The number of nitrogens with one attached hydrogen (secondary N) is 1. The highest BCUT2D eigenvalue weighted by Crippen LogP contribution is 2.34. The molecule has 0 radical (unpaired) electrons. The van der Waals surface area contributed by atoms with Gasteiger partial charge in [-0.3, -0.25) is 0 Å². The number of thioether (sulfide) groups is 1. The number of anilines is 1. The van der Waals surface area contributed by atoms with Gasteiger partial charge in [-0.1, -0.05) is 13.8 Å². The second-order valence-electron chi connectivity index (χ2n) is 6.05. The summed E-state index contributed by atoms with van der Waals surface area (Å²) in [6.45, 7) is 4.43. The highest BCUT2D eigenvalue weighted by Gasteiger charge is 2.29. The van der Waals surface area contributed by atoms with Gasteiger partial charge in [-0.2, -0.15) is 20.5 Å². The summed E-state index contributed by atoms with van der Waals surface area (Å²) in [4.78, 5) is -0.346. The summed E-state index contributed by atoms with van der Waals surface area (Å²) < 4.78 is 47.6. The minimum atomic E-state index is -4.51. The number of hydrogen-bond donors (Lipinski definition) is 1. The topological polar surface area (TPSA) is 46.2 Å². The highest BCUT2D eigenvalue weighted by molar-refractivity contribution is 7.99. The van der Waals surface area contributed by atoms with Crippen molar-refractivity contribution in [3.63, 3.8) is 0 Å². The highest BCUT2D eigenvalue weighted by atomic mass is 32.2. The molecule has 3 nitrogen and oxygen atoms in total. The van der Waals surface area contributed by atoms with E-state index in [2.05, 4.69) is 19.2 Å². The molecule has 1 aromatic carbocycles. The van der Waals surface area contributed by atoms with Crippen LogP contribution in [0.1, 0.15) is 20.3 Å². The normalized spacial score (nSPS) is 22.2. The van der Waals surface area contributed by atoms with Crippen LogP contribution >= 0.6 is 11.8 Å². The summed E-state index contributed by atoms with van der Waals surface area (Å²) in [5.41, 5.74) is 1.02. The molecule has 1 saturated heterocycles. The lowest BCUT2D eigenvalue weighted by Gasteiger charge is -2.35. The Morgan fingerprint density at radius 2 is 1.90 bits per heavy atom. The Balaban J connectivity index is 2.06. The van der Waals surface area contributed by atoms with E-state index in [1.807, 2.05) is 11.8 Å². The average molecular weight is 335 g/mol. The zero-order valence-corrected chi connectivity index (χ0v) is 13.6. The number of hydrogen-bond acceptors (Lipinski definition) is 4. The van der Waals surface area contributed by atoms with E-state index in [1.54, 1.807) is 12.1 Å². The van der Waals surface area contributed by atoms with Gasteiger partial charge in [0, 0.05) is 17.5 Å². The van der Waals surface area contributed by atoms with E-state index < -0.39 is 15.6 Å². The van der Waals surface area contributed by atoms with E-state index in [4.69, 9.17) is 0 Å². The van der Waals surface area contributed by atoms with Gasteiger partial charge in [0.15, 0.2) is 0 Å². The third-order valence-electron chi connectivity index (χ3n) is 3.40. The predicted octanol–water partition coefficient (Wildman–Crippen LogP) is 3.63. The number of alkyl halides is 2. The molecule has 0 saturated carbocycles. The van der Waals surface area contributed by atoms with E-state index >= 15 is 0 Å². The van der Waals surface area contributed by atoms with E-state index in [-0.39, 0.29) is 10.3 Å². The smallest absolute Gasteiger partial charge is 0.341 e. The fourth-order valence-electron chi connectivity index (χ4n) is 2.43. The van der Waals surface area contributed by atoms with Gasteiger partial charge in [-0.25, -0.2) is 8.42 Å². The zero-order valence-electron chi connectivity index (χ0n) is 12.0. The molecular formula is C14H19F2NO2S2. The van der Waals surface area contributed by atoms with Crippen molar-refractivity contribution in [1.29, 1.82) is 0 Å². The fraction of sp³-hybridized carbons (Fsp3) is 0.571. The van der Waals surface area contributed by atoms with Crippen LogP contribution in [0.15, 0.2) is 29.2 Å². The summed E-state index contributed by atoms with van der Waals surface area (Å²) in [5.74, 6) is -1.27. The second-order valence-corrected chi connectivity index (χ2v) is 9.00. The SMILES string of the molecule is CC1(C)CSCC(Nc2ccc(S(=O)(=O)C(F)F)cc2)C1. The van der Waals surface area contributed by atoms with Crippen LogP contribution < -0.4 is 5.32 Å². The van der Waals surface area contributed by atoms with Crippen LogP contribution in [-0.2, 0) is 9.84 Å². The number of rotatable bonds is 4. The van der Waals surface area contributed by atoms with Gasteiger partial charge < -0.3 is 5.32 Å². The molecule has 21 heavy (non-hydrogen) atoms. The molecule has 7 heteroatoms. The molecule has 0 amide bonds. The second kappa shape index (κ2) is 6.12. The maximum Gasteiger partial charge on any atom is 0.341 e. The molecule has 1 unspecified atom stereocenters. The summed E-state index contributed by atoms with van der Waals surface area (Å²) in [5, 5.41) is 3.34. The van der Waals surface area contributed by atoms with E-state index in [0.717, 1.165) is 23.6 Å². The first-order valence-corrected chi connectivity index (χ1v) is 9.37. The Morgan fingerprint density at radius 1 is 1.29 bits per heavy atom. The Labute approximate surface area is 128 Å².